The standard InChI is InChI=1S/C17H15ClN2O/c1-2-10-4-3-5-12-13(9-20-16(10)12)17(21)11-6-7-14(18)15(19)8-11/h3-9,20H,2,19H2,1H3. The second-order valence-electron chi connectivity index (χ2n) is 4.96. The first-order valence-electron chi connectivity index (χ1n) is 6.80. The SMILES string of the molecule is CCc1cccc2c(C(=O)c3ccc(Cl)c(N)c3)c[nH]c12. The molecule has 0 atom stereocenters. The van der Waals surface area contributed by atoms with Gasteiger partial charge in [-0.2, -0.15) is 0 Å². The van der Waals surface area contributed by atoms with Crippen LogP contribution in [0.4, 0.5) is 5.69 Å². The summed E-state index contributed by atoms with van der Waals surface area (Å²) in [5.41, 5.74) is 9.60. The van der Waals surface area contributed by atoms with Gasteiger partial charge in [-0.1, -0.05) is 36.7 Å². The summed E-state index contributed by atoms with van der Waals surface area (Å²) in [6.07, 6.45) is 2.68. The number of rotatable bonds is 3. The average Bonchev–Trinajstić information content (AvgIpc) is 2.93. The molecule has 0 spiro atoms. The average molecular weight is 299 g/mol. The number of aryl methyl sites for hydroxylation is 1. The number of aromatic nitrogens is 1. The lowest BCUT2D eigenvalue weighted by atomic mass is 10.0. The minimum absolute atomic E-state index is 0.0575. The summed E-state index contributed by atoms with van der Waals surface area (Å²) in [4.78, 5) is 15.9. The summed E-state index contributed by atoms with van der Waals surface area (Å²) in [5, 5.41) is 1.40. The van der Waals surface area contributed by atoms with Crippen LogP contribution in [-0.4, -0.2) is 10.8 Å². The molecule has 1 aromatic heterocycles. The monoisotopic (exact) mass is 298 g/mol. The number of carbonyl (C=O) groups excluding carboxylic acids is 1. The molecule has 0 aliphatic rings. The van der Waals surface area contributed by atoms with Crippen molar-refractivity contribution in [1.29, 1.82) is 0 Å². The molecule has 0 amide bonds. The minimum atomic E-state index is -0.0575. The third-order valence-electron chi connectivity index (χ3n) is 3.69. The molecule has 0 aliphatic heterocycles. The number of aromatic amines is 1. The molecule has 106 valence electrons. The van der Waals surface area contributed by atoms with Crippen LogP contribution >= 0.6 is 11.6 Å². The van der Waals surface area contributed by atoms with E-state index in [0.29, 0.717) is 21.8 Å². The zero-order valence-electron chi connectivity index (χ0n) is 11.6. The summed E-state index contributed by atoms with van der Waals surface area (Å²) in [7, 11) is 0. The van der Waals surface area contributed by atoms with Gasteiger partial charge in [0.05, 0.1) is 10.7 Å². The van der Waals surface area contributed by atoms with Crippen molar-refractivity contribution in [3.8, 4) is 0 Å². The van der Waals surface area contributed by atoms with E-state index in [4.69, 9.17) is 17.3 Å². The Bertz CT molecular complexity index is 836. The number of H-pyrrole nitrogens is 1. The fourth-order valence-corrected chi connectivity index (χ4v) is 2.66. The van der Waals surface area contributed by atoms with E-state index in [1.807, 2.05) is 12.1 Å². The molecule has 3 aromatic rings. The number of hydrogen-bond acceptors (Lipinski definition) is 2. The molecule has 3 N–H and O–H groups in total. The molecular formula is C17H15ClN2O. The highest BCUT2D eigenvalue weighted by atomic mass is 35.5. The van der Waals surface area contributed by atoms with Crippen molar-refractivity contribution in [2.45, 2.75) is 13.3 Å². The van der Waals surface area contributed by atoms with Gasteiger partial charge in [0, 0.05) is 28.2 Å². The van der Waals surface area contributed by atoms with Crippen LogP contribution in [0.5, 0.6) is 0 Å². The van der Waals surface area contributed by atoms with E-state index in [1.54, 1.807) is 24.4 Å². The number of nitrogen functional groups attached to an aromatic ring is 1. The van der Waals surface area contributed by atoms with Gasteiger partial charge in [0.25, 0.3) is 0 Å². The van der Waals surface area contributed by atoms with Gasteiger partial charge in [-0.3, -0.25) is 4.79 Å². The molecule has 0 bridgehead atoms. The molecule has 1 heterocycles. The normalized spacial score (nSPS) is 11.0. The minimum Gasteiger partial charge on any atom is -0.398 e. The van der Waals surface area contributed by atoms with Crippen molar-refractivity contribution >= 4 is 34.0 Å². The van der Waals surface area contributed by atoms with Crippen LogP contribution in [-0.2, 0) is 6.42 Å². The van der Waals surface area contributed by atoms with Crippen LogP contribution in [0.1, 0.15) is 28.4 Å². The first kappa shape index (κ1) is 13.7. The largest absolute Gasteiger partial charge is 0.398 e. The Balaban J connectivity index is 2.11. The molecule has 3 nitrogen and oxygen atoms in total. The number of anilines is 1. The molecule has 0 aliphatic carbocycles. The number of hydrogen-bond donors (Lipinski definition) is 2. The maximum atomic E-state index is 12.7. The van der Waals surface area contributed by atoms with Crippen LogP contribution < -0.4 is 5.73 Å². The molecule has 2 aromatic carbocycles. The second kappa shape index (κ2) is 5.26. The smallest absolute Gasteiger partial charge is 0.195 e. The molecule has 21 heavy (non-hydrogen) atoms. The predicted octanol–water partition coefficient (Wildman–Crippen LogP) is 4.20. The Morgan fingerprint density at radius 1 is 1.29 bits per heavy atom. The topological polar surface area (TPSA) is 58.9 Å². The molecule has 0 fully saturated rings. The molecule has 0 unspecified atom stereocenters. The van der Waals surface area contributed by atoms with Gasteiger partial charge in [0.15, 0.2) is 5.78 Å². The van der Waals surface area contributed by atoms with E-state index >= 15 is 0 Å². The Hall–Kier alpha value is -2.26. The van der Waals surface area contributed by atoms with Crippen molar-refractivity contribution in [1.82, 2.24) is 4.98 Å². The van der Waals surface area contributed by atoms with Gasteiger partial charge >= 0.3 is 0 Å². The Morgan fingerprint density at radius 3 is 2.81 bits per heavy atom. The van der Waals surface area contributed by atoms with Crippen LogP contribution in [0.2, 0.25) is 5.02 Å². The third kappa shape index (κ3) is 2.30. The van der Waals surface area contributed by atoms with Gasteiger partial charge in [-0.15, -0.1) is 0 Å². The number of nitrogens with two attached hydrogens (primary N) is 1. The lowest BCUT2D eigenvalue weighted by Gasteiger charge is -2.04. The van der Waals surface area contributed by atoms with Gasteiger partial charge in [0.1, 0.15) is 0 Å². The summed E-state index contributed by atoms with van der Waals surface area (Å²) >= 11 is 5.90. The zero-order chi connectivity index (χ0) is 15.0. The number of nitrogens with one attached hydrogen (secondary N) is 1. The summed E-state index contributed by atoms with van der Waals surface area (Å²) in [6.45, 7) is 2.09. The van der Waals surface area contributed by atoms with Gasteiger partial charge < -0.3 is 10.7 Å². The van der Waals surface area contributed by atoms with Crippen molar-refractivity contribution in [3.05, 3.63) is 64.3 Å². The van der Waals surface area contributed by atoms with E-state index in [-0.39, 0.29) is 5.78 Å². The number of halogens is 1. The molecular weight excluding hydrogens is 284 g/mol. The van der Waals surface area contributed by atoms with Gasteiger partial charge in [0.2, 0.25) is 0 Å². The summed E-state index contributed by atoms with van der Waals surface area (Å²) in [5.74, 6) is -0.0575. The van der Waals surface area contributed by atoms with Crippen molar-refractivity contribution in [2.75, 3.05) is 5.73 Å². The molecule has 4 heteroatoms. The molecule has 0 radical (unpaired) electrons. The maximum Gasteiger partial charge on any atom is 0.195 e. The molecule has 3 rings (SSSR count). The summed E-state index contributed by atoms with van der Waals surface area (Å²) < 4.78 is 0. The van der Waals surface area contributed by atoms with Crippen LogP contribution in [0.25, 0.3) is 10.9 Å². The highest BCUT2D eigenvalue weighted by Crippen LogP contribution is 2.26. The first-order valence-corrected chi connectivity index (χ1v) is 7.18. The van der Waals surface area contributed by atoms with Crippen molar-refractivity contribution in [2.24, 2.45) is 0 Å². The summed E-state index contributed by atoms with van der Waals surface area (Å²) in [6, 6.07) is 11.0. The fraction of sp³-hybridized carbons (Fsp3) is 0.118. The zero-order valence-corrected chi connectivity index (χ0v) is 12.4. The number of fused-ring (bicyclic) bond motifs is 1. The van der Waals surface area contributed by atoms with E-state index in [0.717, 1.165) is 17.3 Å². The van der Waals surface area contributed by atoms with Gasteiger partial charge in [-0.05, 0) is 30.2 Å². The first-order chi connectivity index (χ1) is 10.1. The van der Waals surface area contributed by atoms with Crippen molar-refractivity contribution < 1.29 is 4.79 Å². The highest BCUT2D eigenvalue weighted by Gasteiger charge is 2.16. The third-order valence-corrected chi connectivity index (χ3v) is 4.03. The van der Waals surface area contributed by atoms with E-state index in [9.17, 15) is 4.79 Å². The number of ketones is 1. The molecule has 0 saturated heterocycles. The number of para-hydroxylation sites is 1. The van der Waals surface area contributed by atoms with Crippen LogP contribution in [0, 0.1) is 0 Å². The number of benzene rings is 2. The van der Waals surface area contributed by atoms with Crippen molar-refractivity contribution in [3.63, 3.8) is 0 Å². The quantitative estimate of drug-likeness (QED) is 0.562. The van der Waals surface area contributed by atoms with Crippen LogP contribution in [0.15, 0.2) is 42.6 Å². The van der Waals surface area contributed by atoms with Crippen LogP contribution in [0.3, 0.4) is 0 Å². The highest BCUT2D eigenvalue weighted by molar-refractivity contribution is 6.33. The van der Waals surface area contributed by atoms with Gasteiger partial charge in [-0.25, -0.2) is 0 Å². The fourth-order valence-electron chi connectivity index (χ4n) is 2.54. The van der Waals surface area contributed by atoms with E-state index in [2.05, 4.69) is 18.0 Å². The predicted molar refractivity (Wildman–Crippen MR) is 87.0 cm³/mol. The van der Waals surface area contributed by atoms with E-state index < -0.39 is 0 Å². The lowest BCUT2D eigenvalue weighted by Crippen LogP contribution is -2.01. The Labute approximate surface area is 127 Å². The Morgan fingerprint density at radius 2 is 2.10 bits per heavy atom. The maximum absolute atomic E-state index is 12.7. The van der Waals surface area contributed by atoms with E-state index in [1.165, 1.54) is 5.56 Å². The Kier molecular flexibility index (Phi) is 3.43. The number of carbonyl (C=O) groups is 1. The molecule has 0 saturated carbocycles. The second-order valence-corrected chi connectivity index (χ2v) is 5.37. The lowest BCUT2D eigenvalue weighted by molar-refractivity contribution is 0.104.